The summed E-state index contributed by atoms with van der Waals surface area (Å²) in [6.45, 7) is 1.22. The van der Waals surface area contributed by atoms with Crippen LogP contribution >= 0.6 is 0 Å². The summed E-state index contributed by atoms with van der Waals surface area (Å²) in [6, 6.07) is 4.41. The first-order chi connectivity index (χ1) is 6.27. The number of rotatable bonds is 1. The highest BCUT2D eigenvalue weighted by atomic mass is 16.5. The predicted molar refractivity (Wildman–Crippen MR) is 49.1 cm³/mol. The van der Waals surface area contributed by atoms with E-state index in [2.05, 4.69) is 7.05 Å². The molecule has 0 amide bonds. The van der Waals surface area contributed by atoms with Gasteiger partial charge in [0.15, 0.2) is 12.4 Å². The van der Waals surface area contributed by atoms with Gasteiger partial charge in [-0.15, -0.1) is 0 Å². The van der Waals surface area contributed by atoms with Crippen LogP contribution in [0, 0.1) is 5.21 Å². The summed E-state index contributed by atoms with van der Waals surface area (Å²) >= 11 is 0. The van der Waals surface area contributed by atoms with Gasteiger partial charge in [-0.25, -0.2) is 0 Å². The third-order valence-electron chi connectivity index (χ3n) is 2.86. The maximum Gasteiger partial charge on any atom is 0.189 e. The Kier molecular flexibility index (Phi) is 2.19. The lowest BCUT2D eigenvalue weighted by molar-refractivity contribution is -0.898. The van der Waals surface area contributed by atoms with Crippen LogP contribution in [0.15, 0.2) is 24.5 Å². The molecular weight excluding hydrogens is 164 g/mol. The molecular formula is C10H15N2O+. The number of likely N-dealkylation sites (tertiary alicyclic amines) is 1. The van der Waals surface area contributed by atoms with E-state index < -0.39 is 0 Å². The fourth-order valence-electron chi connectivity index (χ4n) is 2.13. The highest BCUT2D eigenvalue weighted by Gasteiger charge is 2.27. The van der Waals surface area contributed by atoms with E-state index in [9.17, 15) is 5.21 Å². The van der Waals surface area contributed by atoms with E-state index >= 15 is 0 Å². The summed E-state index contributed by atoms with van der Waals surface area (Å²) in [4.78, 5) is 1.52. The Balaban J connectivity index is 2.24. The number of pyridine rings is 1. The molecule has 1 aliphatic heterocycles. The Morgan fingerprint density at radius 2 is 2.46 bits per heavy atom. The van der Waals surface area contributed by atoms with Gasteiger partial charge in [-0.1, -0.05) is 0 Å². The van der Waals surface area contributed by atoms with Crippen LogP contribution in [0.3, 0.4) is 0 Å². The van der Waals surface area contributed by atoms with Gasteiger partial charge in [-0.05, 0) is 6.07 Å². The van der Waals surface area contributed by atoms with Crippen molar-refractivity contribution in [2.24, 2.45) is 0 Å². The third kappa shape index (κ3) is 1.65. The zero-order chi connectivity index (χ0) is 9.26. The number of quaternary nitrogens is 1. The van der Waals surface area contributed by atoms with Gasteiger partial charge in [0.2, 0.25) is 0 Å². The van der Waals surface area contributed by atoms with Crippen LogP contribution < -0.4 is 9.63 Å². The SMILES string of the molecule is C[NH+]1CCC[C@@H]1c1ccc[n+]([O-])c1. The Morgan fingerprint density at radius 1 is 1.62 bits per heavy atom. The largest absolute Gasteiger partial charge is 0.619 e. The summed E-state index contributed by atoms with van der Waals surface area (Å²) in [5.41, 5.74) is 1.17. The second-order valence-corrected chi connectivity index (χ2v) is 3.79. The lowest BCUT2D eigenvalue weighted by Crippen LogP contribution is -3.07. The quantitative estimate of drug-likeness (QED) is 0.464. The predicted octanol–water partition coefficient (Wildman–Crippen LogP) is -0.330. The number of hydrogen-bond acceptors (Lipinski definition) is 1. The van der Waals surface area contributed by atoms with Crippen molar-refractivity contribution in [3.8, 4) is 0 Å². The van der Waals surface area contributed by atoms with Gasteiger partial charge < -0.3 is 10.1 Å². The first-order valence-electron chi connectivity index (χ1n) is 4.78. The molecule has 2 atom stereocenters. The van der Waals surface area contributed by atoms with Crippen molar-refractivity contribution < 1.29 is 9.63 Å². The van der Waals surface area contributed by atoms with Crippen LogP contribution in [0.5, 0.6) is 0 Å². The van der Waals surface area contributed by atoms with E-state index in [0.29, 0.717) is 6.04 Å². The molecule has 0 aliphatic carbocycles. The molecule has 2 rings (SSSR count). The summed E-state index contributed by atoms with van der Waals surface area (Å²) in [6.07, 6.45) is 5.70. The smallest absolute Gasteiger partial charge is 0.189 e. The molecule has 1 unspecified atom stereocenters. The van der Waals surface area contributed by atoms with E-state index in [4.69, 9.17) is 0 Å². The van der Waals surface area contributed by atoms with Crippen LogP contribution in [0.4, 0.5) is 0 Å². The van der Waals surface area contributed by atoms with Gasteiger partial charge in [-0.2, -0.15) is 4.73 Å². The zero-order valence-electron chi connectivity index (χ0n) is 7.86. The van der Waals surface area contributed by atoms with Gasteiger partial charge in [0, 0.05) is 18.9 Å². The van der Waals surface area contributed by atoms with Crippen molar-refractivity contribution in [1.82, 2.24) is 0 Å². The average molecular weight is 179 g/mol. The van der Waals surface area contributed by atoms with Crippen LogP contribution in [0.25, 0.3) is 0 Å². The summed E-state index contributed by atoms with van der Waals surface area (Å²) < 4.78 is 0.890. The van der Waals surface area contributed by atoms with Crippen molar-refractivity contribution in [2.75, 3.05) is 13.6 Å². The van der Waals surface area contributed by atoms with Crippen molar-refractivity contribution in [1.29, 1.82) is 0 Å². The third-order valence-corrected chi connectivity index (χ3v) is 2.86. The molecule has 0 saturated carbocycles. The molecule has 0 spiro atoms. The number of aromatic nitrogens is 1. The molecule has 1 saturated heterocycles. The summed E-state index contributed by atoms with van der Waals surface area (Å²) in [5, 5.41) is 11.1. The first kappa shape index (κ1) is 8.51. The molecule has 1 aromatic rings. The fraction of sp³-hybridized carbons (Fsp3) is 0.500. The van der Waals surface area contributed by atoms with Crippen molar-refractivity contribution in [3.63, 3.8) is 0 Å². The Bertz CT molecular complexity index is 301. The van der Waals surface area contributed by atoms with E-state index in [0.717, 1.165) is 4.73 Å². The highest BCUT2D eigenvalue weighted by Crippen LogP contribution is 2.16. The first-order valence-corrected chi connectivity index (χ1v) is 4.78. The Morgan fingerprint density at radius 3 is 3.08 bits per heavy atom. The molecule has 0 radical (unpaired) electrons. The zero-order valence-corrected chi connectivity index (χ0v) is 7.86. The van der Waals surface area contributed by atoms with E-state index in [1.54, 1.807) is 6.20 Å². The molecule has 2 heterocycles. The van der Waals surface area contributed by atoms with E-state index in [-0.39, 0.29) is 0 Å². The molecule has 1 N–H and O–H groups in total. The minimum atomic E-state index is 0.529. The maximum absolute atomic E-state index is 11.1. The molecule has 1 aliphatic rings. The van der Waals surface area contributed by atoms with Crippen molar-refractivity contribution in [2.45, 2.75) is 18.9 Å². The van der Waals surface area contributed by atoms with E-state index in [1.807, 2.05) is 12.1 Å². The highest BCUT2D eigenvalue weighted by molar-refractivity contribution is 5.09. The lowest BCUT2D eigenvalue weighted by atomic mass is 10.1. The normalized spacial score (nSPS) is 27.8. The van der Waals surface area contributed by atoms with E-state index in [1.165, 1.54) is 36.0 Å². The molecule has 0 bridgehead atoms. The maximum atomic E-state index is 11.1. The van der Waals surface area contributed by atoms with Gasteiger partial charge in [0.1, 0.15) is 6.04 Å². The second-order valence-electron chi connectivity index (χ2n) is 3.79. The molecule has 1 aromatic heterocycles. The lowest BCUT2D eigenvalue weighted by Gasteiger charge is -2.15. The molecule has 3 nitrogen and oxygen atoms in total. The number of nitrogens with zero attached hydrogens (tertiary/aromatic N) is 1. The molecule has 3 heteroatoms. The molecule has 0 aromatic carbocycles. The molecule has 70 valence electrons. The van der Waals surface area contributed by atoms with Crippen molar-refractivity contribution >= 4 is 0 Å². The second kappa shape index (κ2) is 3.34. The minimum Gasteiger partial charge on any atom is -0.619 e. The molecule has 1 fully saturated rings. The van der Waals surface area contributed by atoms with Crippen LogP contribution in [-0.2, 0) is 0 Å². The number of hydrogen-bond donors (Lipinski definition) is 1. The summed E-state index contributed by atoms with van der Waals surface area (Å²) in [7, 11) is 2.19. The minimum absolute atomic E-state index is 0.529. The standard InChI is InChI=1S/C10H14N2O/c1-11-6-3-5-10(11)9-4-2-7-12(13)8-9/h2,4,7-8,10H,3,5-6H2,1H3/p+1/t10-/m1/s1. The Hall–Kier alpha value is -1.09. The Labute approximate surface area is 78.2 Å². The topological polar surface area (TPSA) is 31.4 Å². The van der Waals surface area contributed by atoms with Gasteiger partial charge in [0.05, 0.1) is 19.2 Å². The fourth-order valence-corrected chi connectivity index (χ4v) is 2.13. The van der Waals surface area contributed by atoms with Crippen LogP contribution in [0.2, 0.25) is 0 Å². The van der Waals surface area contributed by atoms with Crippen molar-refractivity contribution in [3.05, 3.63) is 35.3 Å². The average Bonchev–Trinajstić information content (AvgIpc) is 2.51. The monoisotopic (exact) mass is 179 g/mol. The van der Waals surface area contributed by atoms with Gasteiger partial charge >= 0.3 is 0 Å². The molecule has 13 heavy (non-hydrogen) atoms. The number of nitrogens with one attached hydrogen (secondary N) is 1. The van der Waals surface area contributed by atoms with Gasteiger partial charge in [-0.3, -0.25) is 0 Å². The van der Waals surface area contributed by atoms with Crippen LogP contribution in [-0.4, -0.2) is 13.6 Å². The summed E-state index contributed by atoms with van der Waals surface area (Å²) in [5.74, 6) is 0. The van der Waals surface area contributed by atoms with Crippen LogP contribution in [0.1, 0.15) is 24.4 Å². The van der Waals surface area contributed by atoms with Gasteiger partial charge in [0.25, 0.3) is 0 Å².